The molecule has 2 N–H and O–H groups in total. The second-order valence-electron chi connectivity index (χ2n) is 5.99. The summed E-state index contributed by atoms with van der Waals surface area (Å²) >= 11 is 0. The van der Waals surface area contributed by atoms with Crippen LogP contribution in [-0.4, -0.2) is 23.5 Å². The van der Waals surface area contributed by atoms with Gasteiger partial charge in [-0.05, 0) is 38.9 Å². The van der Waals surface area contributed by atoms with Crippen LogP contribution in [0.25, 0.3) is 0 Å². The Bertz CT molecular complexity index is 448. The summed E-state index contributed by atoms with van der Waals surface area (Å²) in [4.78, 5) is 2.44. The molecule has 20 heavy (non-hydrogen) atoms. The van der Waals surface area contributed by atoms with Gasteiger partial charge in [-0.25, -0.2) is 4.39 Å². The van der Waals surface area contributed by atoms with Crippen molar-refractivity contribution in [1.29, 1.82) is 0 Å². The van der Waals surface area contributed by atoms with Gasteiger partial charge in [-0.2, -0.15) is 0 Å². The van der Waals surface area contributed by atoms with E-state index in [1.54, 1.807) is 6.07 Å². The lowest BCUT2D eigenvalue weighted by atomic mass is 9.81. The molecule has 1 unspecified atom stereocenters. The van der Waals surface area contributed by atoms with Crippen molar-refractivity contribution in [2.45, 2.75) is 58.0 Å². The Labute approximate surface area is 122 Å². The molecule has 2 rings (SSSR count). The van der Waals surface area contributed by atoms with Gasteiger partial charge in [0.05, 0.1) is 6.04 Å². The molecule has 1 saturated carbocycles. The SMILES string of the molecule is CCN(CC)C1(C(N)c2cc(C)ccc2F)CCCC1. The minimum Gasteiger partial charge on any atom is -0.322 e. The zero-order chi connectivity index (χ0) is 14.8. The third-order valence-electron chi connectivity index (χ3n) is 4.93. The lowest BCUT2D eigenvalue weighted by molar-refractivity contribution is 0.0758. The highest BCUT2D eigenvalue weighted by Crippen LogP contribution is 2.43. The van der Waals surface area contributed by atoms with Crippen molar-refractivity contribution >= 4 is 0 Å². The fourth-order valence-corrected chi connectivity index (χ4v) is 3.86. The molecular weight excluding hydrogens is 251 g/mol. The normalized spacial score (nSPS) is 19.5. The van der Waals surface area contributed by atoms with Gasteiger partial charge in [0.1, 0.15) is 5.82 Å². The highest BCUT2D eigenvalue weighted by atomic mass is 19.1. The molecule has 1 aromatic carbocycles. The monoisotopic (exact) mass is 278 g/mol. The summed E-state index contributed by atoms with van der Waals surface area (Å²) in [5.74, 6) is -0.165. The van der Waals surface area contributed by atoms with Crippen molar-refractivity contribution < 1.29 is 4.39 Å². The van der Waals surface area contributed by atoms with Gasteiger partial charge in [-0.15, -0.1) is 0 Å². The molecule has 0 bridgehead atoms. The molecule has 0 saturated heterocycles. The number of halogens is 1. The van der Waals surface area contributed by atoms with Crippen LogP contribution in [0.5, 0.6) is 0 Å². The predicted molar refractivity (Wildman–Crippen MR) is 82.2 cm³/mol. The van der Waals surface area contributed by atoms with E-state index in [4.69, 9.17) is 5.73 Å². The quantitative estimate of drug-likeness (QED) is 0.888. The average molecular weight is 278 g/mol. The number of likely N-dealkylation sites (N-methyl/N-ethyl adjacent to an activating group) is 1. The third-order valence-corrected chi connectivity index (χ3v) is 4.93. The van der Waals surface area contributed by atoms with Crippen LogP contribution in [0, 0.1) is 12.7 Å². The van der Waals surface area contributed by atoms with Crippen LogP contribution in [0.15, 0.2) is 18.2 Å². The Morgan fingerprint density at radius 2 is 1.85 bits per heavy atom. The molecule has 112 valence electrons. The first-order chi connectivity index (χ1) is 9.55. The molecule has 0 amide bonds. The molecule has 3 heteroatoms. The summed E-state index contributed by atoms with van der Waals surface area (Å²) in [6.45, 7) is 8.27. The van der Waals surface area contributed by atoms with E-state index < -0.39 is 0 Å². The van der Waals surface area contributed by atoms with Crippen LogP contribution in [0.1, 0.15) is 56.7 Å². The van der Waals surface area contributed by atoms with Crippen molar-refractivity contribution in [3.05, 3.63) is 35.1 Å². The van der Waals surface area contributed by atoms with E-state index in [0.717, 1.165) is 31.5 Å². The van der Waals surface area contributed by atoms with Crippen LogP contribution in [0.2, 0.25) is 0 Å². The minimum absolute atomic E-state index is 0.0713. The molecule has 1 aliphatic carbocycles. The van der Waals surface area contributed by atoms with Crippen LogP contribution in [0.3, 0.4) is 0 Å². The van der Waals surface area contributed by atoms with E-state index in [1.807, 2.05) is 19.1 Å². The van der Waals surface area contributed by atoms with Gasteiger partial charge >= 0.3 is 0 Å². The number of hydrogen-bond donors (Lipinski definition) is 1. The summed E-state index contributed by atoms with van der Waals surface area (Å²) in [5.41, 5.74) is 8.26. The summed E-state index contributed by atoms with van der Waals surface area (Å²) in [6, 6.07) is 5.04. The Morgan fingerprint density at radius 3 is 2.40 bits per heavy atom. The summed E-state index contributed by atoms with van der Waals surface area (Å²) in [6.07, 6.45) is 4.53. The van der Waals surface area contributed by atoms with Crippen LogP contribution < -0.4 is 5.73 Å². The molecule has 1 aromatic rings. The zero-order valence-electron chi connectivity index (χ0n) is 13.0. The first kappa shape index (κ1) is 15.5. The van der Waals surface area contributed by atoms with E-state index in [9.17, 15) is 4.39 Å². The molecular formula is C17H27FN2. The molecule has 0 radical (unpaired) electrons. The second-order valence-corrected chi connectivity index (χ2v) is 5.99. The van der Waals surface area contributed by atoms with Gasteiger partial charge in [0.15, 0.2) is 0 Å². The van der Waals surface area contributed by atoms with E-state index >= 15 is 0 Å². The average Bonchev–Trinajstić information content (AvgIpc) is 2.93. The lowest BCUT2D eigenvalue weighted by Gasteiger charge is -2.45. The van der Waals surface area contributed by atoms with Gasteiger partial charge < -0.3 is 5.73 Å². The largest absolute Gasteiger partial charge is 0.322 e. The van der Waals surface area contributed by atoms with Gasteiger partial charge in [-0.1, -0.05) is 44.4 Å². The number of rotatable bonds is 5. The minimum atomic E-state index is -0.246. The van der Waals surface area contributed by atoms with Gasteiger partial charge in [0.25, 0.3) is 0 Å². The highest BCUT2D eigenvalue weighted by Gasteiger charge is 2.44. The van der Waals surface area contributed by atoms with Crippen molar-refractivity contribution in [2.75, 3.05) is 13.1 Å². The van der Waals surface area contributed by atoms with E-state index in [-0.39, 0.29) is 17.4 Å². The summed E-state index contributed by atoms with van der Waals surface area (Å²) in [7, 11) is 0. The third kappa shape index (κ3) is 2.61. The van der Waals surface area contributed by atoms with E-state index in [0.29, 0.717) is 5.56 Å². The molecule has 1 aliphatic rings. The first-order valence-corrected chi connectivity index (χ1v) is 7.82. The summed E-state index contributed by atoms with van der Waals surface area (Å²) in [5, 5.41) is 0. The van der Waals surface area contributed by atoms with Crippen molar-refractivity contribution in [1.82, 2.24) is 4.90 Å². The Balaban J connectivity index is 2.41. The lowest BCUT2D eigenvalue weighted by Crippen LogP contribution is -2.53. The van der Waals surface area contributed by atoms with E-state index in [2.05, 4.69) is 18.7 Å². The molecule has 1 atom stereocenters. The molecule has 0 aliphatic heterocycles. The molecule has 0 spiro atoms. The van der Waals surface area contributed by atoms with Crippen molar-refractivity contribution in [3.8, 4) is 0 Å². The number of hydrogen-bond acceptors (Lipinski definition) is 2. The van der Waals surface area contributed by atoms with Gasteiger partial charge in [-0.3, -0.25) is 4.90 Å². The number of aryl methyl sites for hydroxylation is 1. The maximum absolute atomic E-state index is 14.2. The first-order valence-electron chi connectivity index (χ1n) is 7.82. The molecule has 1 fully saturated rings. The van der Waals surface area contributed by atoms with Gasteiger partial charge in [0.2, 0.25) is 0 Å². The summed E-state index contributed by atoms with van der Waals surface area (Å²) < 4.78 is 14.2. The topological polar surface area (TPSA) is 29.3 Å². The molecule has 0 aromatic heterocycles. The Morgan fingerprint density at radius 1 is 1.25 bits per heavy atom. The van der Waals surface area contributed by atoms with Crippen LogP contribution in [0.4, 0.5) is 4.39 Å². The zero-order valence-corrected chi connectivity index (χ0v) is 13.0. The second kappa shape index (κ2) is 6.23. The maximum atomic E-state index is 14.2. The Kier molecular flexibility index (Phi) is 4.82. The van der Waals surface area contributed by atoms with Crippen LogP contribution in [-0.2, 0) is 0 Å². The molecule has 0 heterocycles. The molecule has 2 nitrogen and oxygen atoms in total. The van der Waals surface area contributed by atoms with Crippen molar-refractivity contribution in [2.24, 2.45) is 5.73 Å². The van der Waals surface area contributed by atoms with Crippen LogP contribution >= 0.6 is 0 Å². The Hall–Kier alpha value is -0.930. The van der Waals surface area contributed by atoms with Crippen molar-refractivity contribution in [3.63, 3.8) is 0 Å². The fourth-order valence-electron chi connectivity index (χ4n) is 3.86. The van der Waals surface area contributed by atoms with Gasteiger partial charge in [0, 0.05) is 11.1 Å². The standard InChI is InChI=1S/C17H27FN2/c1-4-20(5-2)17(10-6-7-11-17)16(19)14-12-13(3)8-9-15(14)18/h8-9,12,16H,4-7,10-11,19H2,1-3H3. The number of nitrogens with two attached hydrogens (primary N) is 1. The number of benzene rings is 1. The predicted octanol–water partition coefficient (Wildman–Crippen LogP) is 3.79. The smallest absolute Gasteiger partial charge is 0.128 e. The number of nitrogens with zero attached hydrogens (tertiary/aromatic N) is 1. The maximum Gasteiger partial charge on any atom is 0.128 e. The van der Waals surface area contributed by atoms with E-state index in [1.165, 1.54) is 12.8 Å². The fraction of sp³-hybridized carbons (Fsp3) is 0.647. The highest BCUT2D eigenvalue weighted by molar-refractivity contribution is 5.30.